The molecule has 1 aliphatic rings. The van der Waals surface area contributed by atoms with Crippen molar-refractivity contribution in [2.24, 2.45) is 0 Å². The lowest BCUT2D eigenvalue weighted by atomic mass is 10.2. The number of nitrogens with zero attached hydrogens (tertiary/aromatic N) is 4. The van der Waals surface area contributed by atoms with Crippen LogP contribution >= 0.6 is 0 Å². The van der Waals surface area contributed by atoms with Gasteiger partial charge in [0.15, 0.2) is 0 Å². The van der Waals surface area contributed by atoms with E-state index in [2.05, 4.69) is 26.2 Å². The number of nitriles is 1. The molecule has 1 saturated heterocycles. The summed E-state index contributed by atoms with van der Waals surface area (Å²) in [6.45, 7) is 8.19. The van der Waals surface area contributed by atoms with Crippen molar-refractivity contribution in [2.45, 2.75) is 6.92 Å². The maximum absolute atomic E-state index is 9.14. The number of rotatable bonds is 4. The Morgan fingerprint density at radius 3 is 2.84 bits per heavy atom. The number of aryl methyl sites for hydroxylation is 1. The maximum Gasteiger partial charge on any atom is 0.146 e. The number of hydrogen-bond donors (Lipinski definition) is 1. The zero-order valence-electron chi connectivity index (χ0n) is 11.7. The Hall–Kier alpha value is -1.64. The second-order valence-corrected chi connectivity index (χ2v) is 4.95. The number of piperazine rings is 1. The van der Waals surface area contributed by atoms with E-state index in [1.807, 2.05) is 26.1 Å². The van der Waals surface area contributed by atoms with E-state index in [0.29, 0.717) is 5.56 Å². The highest BCUT2D eigenvalue weighted by Gasteiger charge is 2.13. The lowest BCUT2D eigenvalue weighted by Gasteiger charge is -2.29. The molecule has 1 aromatic heterocycles. The van der Waals surface area contributed by atoms with Crippen molar-refractivity contribution in [3.05, 3.63) is 23.4 Å². The van der Waals surface area contributed by atoms with Crippen LogP contribution < -0.4 is 10.2 Å². The van der Waals surface area contributed by atoms with Gasteiger partial charge in [0.2, 0.25) is 0 Å². The standard InChI is InChI=1S/C14H21N5/c1-12-3-4-13(11-15)14(17-12)18(2)9-10-19-7-5-16-6-8-19/h3-4,16H,5-10H2,1-2H3. The minimum absolute atomic E-state index is 0.647. The van der Waals surface area contributed by atoms with Gasteiger partial charge in [0, 0.05) is 52.0 Å². The predicted molar refractivity (Wildman–Crippen MR) is 76.3 cm³/mol. The molecule has 2 heterocycles. The summed E-state index contributed by atoms with van der Waals surface area (Å²) in [6, 6.07) is 5.94. The average molecular weight is 259 g/mol. The molecule has 1 fully saturated rings. The van der Waals surface area contributed by atoms with E-state index in [-0.39, 0.29) is 0 Å². The molecule has 0 aliphatic carbocycles. The van der Waals surface area contributed by atoms with Gasteiger partial charge in [0.05, 0.1) is 5.56 Å². The van der Waals surface area contributed by atoms with Crippen LogP contribution in [0.2, 0.25) is 0 Å². The molecular weight excluding hydrogens is 238 g/mol. The molecule has 0 spiro atoms. The fourth-order valence-corrected chi connectivity index (χ4v) is 2.25. The molecule has 0 unspecified atom stereocenters. The number of hydrogen-bond acceptors (Lipinski definition) is 5. The first-order chi connectivity index (χ1) is 9.20. The highest BCUT2D eigenvalue weighted by Crippen LogP contribution is 2.16. The summed E-state index contributed by atoms with van der Waals surface area (Å²) < 4.78 is 0. The van der Waals surface area contributed by atoms with E-state index in [1.165, 1.54) is 0 Å². The van der Waals surface area contributed by atoms with Gasteiger partial charge in [-0.2, -0.15) is 5.26 Å². The summed E-state index contributed by atoms with van der Waals surface area (Å²) in [4.78, 5) is 9.00. The van der Waals surface area contributed by atoms with Gasteiger partial charge in [-0.15, -0.1) is 0 Å². The Kier molecular flexibility index (Phi) is 4.72. The minimum atomic E-state index is 0.647. The van der Waals surface area contributed by atoms with Crippen molar-refractivity contribution >= 4 is 5.82 Å². The second kappa shape index (κ2) is 6.50. The molecule has 1 aliphatic heterocycles. The van der Waals surface area contributed by atoms with Gasteiger partial charge in [-0.25, -0.2) is 4.98 Å². The van der Waals surface area contributed by atoms with Gasteiger partial charge in [0.1, 0.15) is 11.9 Å². The number of likely N-dealkylation sites (N-methyl/N-ethyl adjacent to an activating group) is 1. The molecule has 0 aromatic carbocycles. The Bertz CT molecular complexity index is 459. The van der Waals surface area contributed by atoms with Gasteiger partial charge in [0.25, 0.3) is 0 Å². The number of pyridine rings is 1. The third kappa shape index (κ3) is 3.66. The van der Waals surface area contributed by atoms with Crippen LogP contribution in [-0.2, 0) is 0 Å². The Morgan fingerprint density at radius 1 is 1.42 bits per heavy atom. The smallest absolute Gasteiger partial charge is 0.146 e. The first-order valence-electron chi connectivity index (χ1n) is 6.72. The van der Waals surface area contributed by atoms with Crippen LogP contribution in [0.25, 0.3) is 0 Å². The summed E-state index contributed by atoms with van der Waals surface area (Å²) >= 11 is 0. The van der Waals surface area contributed by atoms with E-state index >= 15 is 0 Å². The highest BCUT2D eigenvalue weighted by atomic mass is 15.2. The van der Waals surface area contributed by atoms with Crippen molar-refractivity contribution in [1.82, 2.24) is 15.2 Å². The zero-order valence-corrected chi connectivity index (χ0v) is 11.7. The normalized spacial score (nSPS) is 16.1. The molecule has 102 valence electrons. The van der Waals surface area contributed by atoms with Gasteiger partial charge >= 0.3 is 0 Å². The topological polar surface area (TPSA) is 55.2 Å². The quantitative estimate of drug-likeness (QED) is 0.858. The van der Waals surface area contributed by atoms with Crippen molar-refractivity contribution in [3.8, 4) is 6.07 Å². The highest BCUT2D eigenvalue weighted by molar-refractivity contribution is 5.53. The Morgan fingerprint density at radius 2 is 2.16 bits per heavy atom. The molecule has 2 rings (SSSR count). The third-order valence-electron chi connectivity index (χ3n) is 3.46. The van der Waals surface area contributed by atoms with Crippen LogP contribution in [-0.4, -0.2) is 56.2 Å². The number of anilines is 1. The largest absolute Gasteiger partial charge is 0.357 e. The van der Waals surface area contributed by atoms with E-state index in [9.17, 15) is 0 Å². The molecule has 0 bridgehead atoms. The first-order valence-corrected chi connectivity index (χ1v) is 6.72. The molecule has 19 heavy (non-hydrogen) atoms. The molecule has 0 radical (unpaired) electrons. The van der Waals surface area contributed by atoms with Crippen molar-refractivity contribution < 1.29 is 0 Å². The summed E-state index contributed by atoms with van der Waals surface area (Å²) in [6.07, 6.45) is 0. The van der Waals surface area contributed by atoms with Crippen molar-refractivity contribution in [2.75, 3.05) is 51.2 Å². The lowest BCUT2D eigenvalue weighted by Crippen LogP contribution is -2.46. The van der Waals surface area contributed by atoms with E-state index in [0.717, 1.165) is 50.8 Å². The van der Waals surface area contributed by atoms with E-state index < -0.39 is 0 Å². The van der Waals surface area contributed by atoms with Gasteiger partial charge < -0.3 is 10.2 Å². The van der Waals surface area contributed by atoms with Gasteiger partial charge in [-0.1, -0.05) is 0 Å². The Balaban J connectivity index is 1.97. The molecule has 0 amide bonds. The molecule has 5 heteroatoms. The van der Waals surface area contributed by atoms with E-state index in [4.69, 9.17) is 5.26 Å². The molecule has 1 aromatic rings. The monoisotopic (exact) mass is 259 g/mol. The average Bonchev–Trinajstić information content (AvgIpc) is 2.46. The molecular formula is C14H21N5. The minimum Gasteiger partial charge on any atom is -0.357 e. The second-order valence-electron chi connectivity index (χ2n) is 4.95. The molecule has 5 nitrogen and oxygen atoms in total. The van der Waals surface area contributed by atoms with Crippen LogP contribution in [0.15, 0.2) is 12.1 Å². The fourth-order valence-electron chi connectivity index (χ4n) is 2.25. The first kappa shape index (κ1) is 13.8. The van der Waals surface area contributed by atoms with Crippen LogP contribution in [0.5, 0.6) is 0 Å². The van der Waals surface area contributed by atoms with Crippen LogP contribution in [0, 0.1) is 18.3 Å². The number of aromatic nitrogens is 1. The zero-order chi connectivity index (χ0) is 13.7. The summed E-state index contributed by atoms with van der Waals surface area (Å²) in [5.41, 5.74) is 1.59. The third-order valence-corrected chi connectivity index (χ3v) is 3.46. The molecule has 0 saturated carbocycles. The van der Waals surface area contributed by atoms with Gasteiger partial charge in [-0.05, 0) is 19.1 Å². The molecule has 0 atom stereocenters. The van der Waals surface area contributed by atoms with Crippen molar-refractivity contribution in [1.29, 1.82) is 5.26 Å². The predicted octanol–water partition coefficient (Wildman–Crippen LogP) is 0.603. The SMILES string of the molecule is Cc1ccc(C#N)c(N(C)CCN2CCNCC2)n1. The summed E-state index contributed by atoms with van der Waals surface area (Å²) in [5.74, 6) is 0.789. The van der Waals surface area contributed by atoms with Gasteiger partial charge in [-0.3, -0.25) is 4.90 Å². The fraction of sp³-hybridized carbons (Fsp3) is 0.571. The molecule has 1 N–H and O–H groups in total. The Labute approximate surface area is 114 Å². The van der Waals surface area contributed by atoms with Crippen molar-refractivity contribution in [3.63, 3.8) is 0 Å². The van der Waals surface area contributed by atoms with Crippen LogP contribution in [0.4, 0.5) is 5.82 Å². The summed E-state index contributed by atoms with van der Waals surface area (Å²) in [7, 11) is 2.00. The summed E-state index contributed by atoms with van der Waals surface area (Å²) in [5, 5.41) is 12.5. The number of nitrogens with one attached hydrogen (secondary N) is 1. The van der Waals surface area contributed by atoms with Crippen LogP contribution in [0.1, 0.15) is 11.3 Å². The lowest BCUT2D eigenvalue weighted by molar-refractivity contribution is 0.246. The van der Waals surface area contributed by atoms with Crippen LogP contribution in [0.3, 0.4) is 0 Å². The van der Waals surface area contributed by atoms with E-state index in [1.54, 1.807) is 0 Å². The maximum atomic E-state index is 9.14.